The summed E-state index contributed by atoms with van der Waals surface area (Å²) >= 11 is 0. The van der Waals surface area contributed by atoms with Crippen molar-refractivity contribution in [3.63, 3.8) is 0 Å². The number of aromatic nitrogens is 2. The van der Waals surface area contributed by atoms with E-state index in [4.69, 9.17) is 0 Å². The van der Waals surface area contributed by atoms with Crippen LogP contribution in [0.2, 0.25) is 0 Å². The van der Waals surface area contributed by atoms with Crippen molar-refractivity contribution < 1.29 is 14.1 Å². The van der Waals surface area contributed by atoms with Crippen molar-refractivity contribution in [2.75, 3.05) is 0 Å². The molecule has 32 heavy (non-hydrogen) atoms. The molecule has 0 aliphatic rings. The number of amides is 1. The molecular formula is C23H16FN5O3. The molecule has 0 spiro atoms. The van der Waals surface area contributed by atoms with Crippen molar-refractivity contribution in [3.05, 3.63) is 112 Å². The van der Waals surface area contributed by atoms with E-state index in [1.165, 1.54) is 42.6 Å². The predicted molar refractivity (Wildman–Crippen MR) is 117 cm³/mol. The van der Waals surface area contributed by atoms with Gasteiger partial charge < -0.3 is 0 Å². The van der Waals surface area contributed by atoms with Crippen molar-refractivity contribution in [1.29, 1.82) is 0 Å². The van der Waals surface area contributed by atoms with Gasteiger partial charge in [0.05, 0.1) is 16.8 Å². The Morgan fingerprint density at radius 1 is 1.06 bits per heavy atom. The molecule has 1 N–H and O–H groups in total. The number of benzene rings is 3. The van der Waals surface area contributed by atoms with E-state index < -0.39 is 10.8 Å². The highest BCUT2D eigenvalue weighted by atomic mass is 19.1. The Labute approximate surface area is 181 Å². The van der Waals surface area contributed by atoms with Gasteiger partial charge in [-0.25, -0.2) is 14.5 Å². The van der Waals surface area contributed by atoms with Crippen molar-refractivity contribution in [1.82, 2.24) is 15.2 Å². The molecule has 1 amide bonds. The fourth-order valence-corrected chi connectivity index (χ4v) is 3.01. The lowest BCUT2D eigenvalue weighted by Gasteiger charge is -2.01. The van der Waals surface area contributed by atoms with Crippen LogP contribution in [-0.2, 0) is 0 Å². The molecule has 0 fully saturated rings. The van der Waals surface area contributed by atoms with E-state index in [2.05, 4.69) is 15.6 Å². The summed E-state index contributed by atoms with van der Waals surface area (Å²) in [4.78, 5) is 22.6. The second kappa shape index (κ2) is 9.00. The van der Waals surface area contributed by atoms with Crippen LogP contribution in [0, 0.1) is 15.9 Å². The number of nitro benzene ring substituents is 1. The number of hydrogen-bond donors (Lipinski definition) is 1. The quantitative estimate of drug-likeness (QED) is 0.280. The molecule has 0 saturated heterocycles. The van der Waals surface area contributed by atoms with E-state index in [1.807, 2.05) is 30.3 Å². The van der Waals surface area contributed by atoms with Crippen LogP contribution in [0.1, 0.15) is 15.9 Å². The topological polar surface area (TPSA) is 102 Å². The van der Waals surface area contributed by atoms with Crippen LogP contribution in [0.25, 0.3) is 16.9 Å². The molecule has 0 radical (unpaired) electrons. The summed E-state index contributed by atoms with van der Waals surface area (Å²) in [6.45, 7) is 0. The van der Waals surface area contributed by atoms with E-state index in [1.54, 1.807) is 23.0 Å². The molecule has 0 unspecified atom stereocenters. The second-order valence-electron chi connectivity index (χ2n) is 6.73. The van der Waals surface area contributed by atoms with Crippen molar-refractivity contribution >= 4 is 17.8 Å². The van der Waals surface area contributed by atoms with Crippen LogP contribution < -0.4 is 5.43 Å². The maximum Gasteiger partial charge on any atom is 0.271 e. The number of rotatable bonds is 6. The zero-order valence-electron chi connectivity index (χ0n) is 16.6. The average molecular weight is 429 g/mol. The zero-order chi connectivity index (χ0) is 22.5. The number of halogens is 1. The number of hydrogen-bond acceptors (Lipinski definition) is 5. The molecule has 0 saturated carbocycles. The number of nitrogens with zero attached hydrogens (tertiary/aromatic N) is 4. The van der Waals surface area contributed by atoms with Gasteiger partial charge in [0.15, 0.2) is 0 Å². The standard InChI is InChI=1S/C23H16FN5O3/c24-19-11-9-16(10-12-19)22-18(15-28(27-22)20-6-2-1-3-7-20)14-25-26-23(30)17-5-4-8-21(13-17)29(31)32/h1-15H,(H,26,30). The lowest BCUT2D eigenvalue weighted by atomic mass is 10.1. The van der Waals surface area contributed by atoms with Gasteiger partial charge in [-0.05, 0) is 42.5 Å². The van der Waals surface area contributed by atoms with Crippen LogP contribution in [0.3, 0.4) is 0 Å². The summed E-state index contributed by atoms with van der Waals surface area (Å²) in [6.07, 6.45) is 3.15. The van der Waals surface area contributed by atoms with E-state index in [-0.39, 0.29) is 17.1 Å². The second-order valence-corrected chi connectivity index (χ2v) is 6.73. The van der Waals surface area contributed by atoms with Crippen LogP contribution in [-0.4, -0.2) is 26.8 Å². The largest absolute Gasteiger partial charge is 0.271 e. The minimum absolute atomic E-state index is 0.107. The normalized spacial score (nSPS) is 10.9. The Bertz CT molecular complexity index is 1300. The Kier molecular flexibility index (Phi) is 5.80. The number of para-hydroxylation sites is 1. The number of carbonyl (C=O) groups is 1. The van der Waals surface area contributed by atoms with E-state index in [0.717, 1.165) is 5.69 Å². The van der Waals surface area contributed by atoms with Crippen LogP contribution in [0.4, 0.5) is 10.1 Å². The van der Waals surface area contributed by atoms with Gasteiger partial charge in [-0.3, -0.25) is 14.9 Å². The Balaban J connectivity index is 1.62. The molecule has 1 aromatic heterocycles. The van der Waals surface area contributed by atoms with Crippen LogP contribution in [0.15, 0.2) is 90.2 Å². The average Bonchev–Trinajstić information content (AvgIpc) is 3.24. The zero-order valence-corrected chi connectivity index (χ0v) is 16.6. The molecule has 1 heterocycles. The van der Waals surface area contributed by atoms with Gasteiger partial charge in [0.2, 0.25) is 0 Å². The smallest absolute Gasteiger partial charge is 0.267 e. The van der Waals surface area contributed by atoms with Gasteiger partial charge in [0.25, 0.3) is 11.6 Å². The minimum atomic E-state index is -0.594. The molecule has 0 atom stereocenters. The monoisotopic (exact) mass is 429 g/mol. The van der Waals surface area contributed by atoms with Gasteiger partial charge in [-0.2, -0.15) is 10.2 Å². The fraction of sp³-hybridized carbons (Fsp3) is 0. The first-order valence-corrected chi connectivity index (χ1v) is 9.50. The van der Waals surface area contributed by atoms with Crippen LogP contribution in [0.5, 0.6) is 0 Å². The first kappa shape index (κ1) is 20.6. The Morgan fingerprint density at radius 3 is 2.53 bits per heavy atom. The Hall–Kier alpha value is -4.66. The maximum absolute atomic E-state index is 13.4. The predicted octanol–water partition coefficient (Wildman–Crippen LogP) is 4.35. The van der Waals surface area contributed by atoms with Gasteiger partial charge in [-0.15, -0.1) is 0 Å². The highest BCUT2D eigenvalue weighted by molar-refractivity contribution is 5.96. The summed E-state index contributed by atoms with van der Waals surface area (Å²) in [6, 6.07) is 20.6. The molecule has 4 rings (SSSR count). The van der Waals surface area contributed by atoms with E-state index in [9.17, 15) is 19.3 Å². The number of hydrazone groups is 1. The molecule has 0 bridgehead atoms. The molecule has 0 aliphatic carbocycles. The van der Waals surface area contributed by atoms with Gasteiger partial charge in [0.1, 0.15) is 11.5 Å². The number of carbonyl (C=O) groups excluding carboxylic acids is 1. The summed E-state index contributed by atoms with van der Waals surface area (Å²) in [5.74, 6) is -0.959. The summed E-state index contributed by atoms with van der Waals surface area (Å²) in [5.41, 5.74) is 4.89. The molecule has 158 valence electrons. The van der Waals surface area contributed by atoms with Crippen LogP contribution >= 0.6 is 0 Å². The third-order valence-electron chi connectivity index (χ3n) is 4.57. The molecule has 4 aromatic rings. The summed E-state index contributed by atoms with van der Waals surface area (Å²) in [5, 5.41) is 19.5. The maximum atomic E-state index is 13.4. The SMILES string of the molecule is O=C(NN=Cc1cn(-c2ccccc2)nc1-c1ccc(F)cc1)c1cccc([N+](=O)[O-])c1. The summed E-state index contributed by atoms with van der Waals surface area (Å²) < 4.78 is 15.0. The molecule has 0 aliphatic heterocycles. The number of nitrogens with one attached hydrogen (secondary N) is 1. The molecule has 3 aromatic carbocycles. The first-order valence-electron chi connectivity index (χ1n) is 9.50. The summed E-state index contributed by atoms with van der Waals surface area (Å²) in [7, 11) is 0. The minimum Gasteiger partial charge on any atom is -0.267 e. The van der Waals surface area contributed by atoms with E-state index in [0.29, 0.717) is 16.8 Å². The third kappa shape index (κ3) is 4.57. The molecule has 9 heteroatoms. The first-order chi connectivity index (χ1) is 15.5. The Morgan fingerprint density at radius 2 is 1.81 bits per heavy atom. The van der Waals surface area contributed by atoms with Gasteiger partial charge in [0, 0.05) is 35.0 Å². The molecule has 8 nitrogen and oxygen atoms in total. The van der Waals surface area contributed by atoms with Crippen molar-refractivity contribution in [2.45, 2.75) is 0 Å². The number of non-ortho nitro benzene ring substituents is 1. The fourth-order valence-electron chi connectivity index (χ4n) is 3.01. The molecular weight excluding hydrogens is 413 g/mol. The van der Waals surface area contributed by atoms with Crippen molar-refractivity contribution in [2.24, 2.45) is 5.10 Å². The van der Waals surface area contributed by atoms with Gasteiger partial charge >= 0.3 is 0 Å². The van der Waals surface area contributed by atoms with E-state index >= 15 is 0 Å². The van der Waals surface area contributed by atoms with Crippen molar-refractivity contribution in [3.8, 4) is 16.9 Å². The lowest BCUT2D eigenvalue weighted by molar-refractivity contribution is -0.384. The lowest BCUT2D eigenvalue weighted by Crippen LogP contribution is -2.17. The highest BCUT2D eigenvalue weighted by Gasteiger charge is 2.13. The highest BCUT2D eigenvalue weighted by Crippen LogP contribution is 2.23. The third-order valence-corrected chi connectivity index (χ3v) is 4.57. The number of nitro groups is 1. The van der Waals surface area contributed by atoms with Gasteiger partial charge in [-0.1, -0.05) is 24.3 Å².